The van der Waals surface area contributed by atoms with Gasteiger partial charge in [0, 0.05) is 18.1 Å². The molecule has 6 nitrogen and oxygen atoms in total. The highest BCUT2D eigenvalue weighted by atomic mass is 32.2. The number of benzene rings is 1. The van der Waals surface area contributed by atoms with Gasteiger partial charge in [0.25, 0.3) is 0 Å². The molecule has 1 aliphatic heterocycles. The molecule has 1 aromatic rings. The van der Waals surface area contributed by atoms with Crippen LogP contribution in [0, 0.1) is 5.92 Å². The Balaban J connectivity index is 1.74. The van der Waals surface area contributed by atoms with E-state index in [9.17, 15) is 13.2 Å². The molecule has 2 rings (SSSR count). The number of nitrogens with zero attached hydrogens (tertiary/aromatic N) is 1. The van der Waals surface area contributed by atoms with Crippen LogP contribution in [0.5, 0.6) is 11.5 Å². The fraction of sp³-hybridized carbons (Fsp3) is 0.696. The predicted octanol–water partition coefficient (Wildman–Crippen LogP) is 3.98. The summed E-state index contributed by atoms with van der Waals surface area (Å²) >= 11 is 0. The SMILES string of the molecule is COc1cc(OC)cc(C(=O)CCC2CCN(CCCS(=O)(=O)C(C)(C)C)CC2)c1. The Bertz CT molecular complexity index is 783. The molecule has 0 aliphatic carbocycles. The number of Topliss-reactive ketones (excluding diaryl/α,β-unsaturated/α-hetero) is 1. The van der Waals surface area contributed by atoms with Crippen molar-refractivity contribution < 1.29 is 22.7 Å². The van der Waals surface area contributed by atoms with E-state index < -0.39 is 14.6 Å². The predicted molar refractivity (Wildman–Crippen MR) is 120 cm³/mol. The summed E-state index contributed by atoms with van der Waals surface area (Å²) in [5.41, 5.74) is 0.628. The maximum absolute atomic E-state index is 12.6. The second-order valence-corrected chi connectivity index (χ2v) is 12.0. The smallest absolute Gasteiger partial charge is 0.163 e. The van der Waals surface area contributed by atoms with Crippen molar-refractivity contribution >= 4 is 15.6 Å². The molecule has 0 bridgehead atoms. The molecule has 170 valence electrons. The lowest BCUT2D eigenvalue weighted by molar-refractivity contribution is 0.0962. The lowest BCUT2D eigenvalue weighted by Crippen LogP contribution is -2.36. The number of sulfone groups is 1. The maximum Gasteiger partial charge on any atom is 0.163 e. The summed E-state index contributed by atoms with van der Waals surface area (Å²) in [6.45, 7) is 8.05. The highest BCUT2D eigenvalue weighted by Crippen LogP contribution is 2.26. The normalized spacial score (nSPS) is 16.4. The molecule has 0 unspecified atom stereocenters. The Morgan fingerprint density at radius 2 is 1.63 bits per heavy atom. The van der Waals surface area contributed by atoms with Crippen LogP contribution in [0.15, 0.2) is 18.2 Å². The first-order valence-electron chi connectivity index (χ1n) is 10.8. The van der Waals surface area contributed by atoms with Crippen molar-refractivity contribution in [2.24, 2.45) is 5.92 Å². The number of carbonyl (C=O) groups is 1. The van der Waals surface area contributed by atoms with E-state index in [4.69, 9.17) is 9.47 Å². The molecule has 1 heterocycles. The van der Waals surface area contributed by atoms with Crippen LogP contribution in [0.2, 0.25) is 0 Å². The van der Waals surface area contributed by atoms with Crippen molar-refractivity contribution in [3.63, 3.8) is 0 Å². The van der Waals surface area contributed by atoms with E-state index in [2.05, 4.69) is 4.90 Å². The van der Waals surface area contributed by atoms with Gasteiger partial charge in [0.05, 0.1) is 24.7 Å². The quantitative estimate of drug-likeness (QED) is 0.514. The van der Waals surface area contributed by atoms with Gasteiger partial charge in [-0.15, -0.1) is 0 Å². The number of hydrogen-bond donors (Lipinski definition) is 0. The standard InChI is InChI=1S/C23H37NO5S/c1-23(2,3)30(26,27)14-6-11-24-12-9-18(10-13-24)7-8-22(25)19-15-20(28-4)17-21(16-19)29-5/h15-18H,6-14H2,1-5H3. The highest BCUT2D eigenvalue weighted by molar-refractivity contribution is 7.92. The molecule has 30 heavy (non-hydrogen) atoms. The number of rotatable bonds is 10. The van der Waals surface area contributed by atoms with Crippen molar-refractivity contribution in [1.82, 2.24) is 4.90 Å². The zero-order chi connectivity index (χ0) is 22.4. The molecule has 0 amide bonds. The molecular formula is C23H37NO5S. The van der Waals surface area contributed by atoms with E-state index in [1.807, 2.05) is 0 Å². The van der Waals surface area contributed by atoms with Gasteiger partial charge >= 0.3 is 0 Å². The van der Waals surface area contributed by atoms with Gasteiger partial charge < -0.3 is 14.4 Å². The minimum Gasteiger partial charge on any atom is -0.497 e. The Morgan fingerprint density at radius 1 is 1.07 bits per heavy atom. The van der Waals surface area contributed by atoms with Crippen LogP contribution < -0.4 is 9.47 Å². The number of piperidine rings is 1. The van der Waals surface area contributed by atoms with E-state index in [0.717, 1.165) is 38.9 Å². The zero-order valence-electron chi connectivity index (χ0n) is 19.1. The molecular weight excluding hydrogens is 402 g/mol. The van der Waals surface area contributed by atoms with E-state index in [-0.39, 0.29) is 11.5 Å². The van der Waals surface area contributed by atoms with E-state index in [1.165, 1.54) is 0 Å². The fourth-order valence-corrected chi connectivity index (χ4v) is 4.85. The van der Waals surface area contributed by atoms with Crippen LogP contribution in [-0.2, 0) is 9.84 Å². The molecule has 0 atom stereocenters. The van der Waals surface area contributed by atoms with Gasteiger partial charge in [-0.3, -0.25) is 4.79 Å². The molecule has 0 saturated carbocycles. The van der Waals surface area contributed by atoms with Crippen LogP contribution in [-0.4, -0.2) is 63.5 Å². The molecule has 1 saturated heterocycles. The van der Waals surface area contributed by atoms with Gasteiger partial charge in [-0.05, 0) is 84.1 Å². The van der Waals surface area contributed by atoms with Gasteiger partial charge in [-0.2, -0.15) is 0 Å². The van der Waals surface area contributed by atoms with Crippen molar-refractivity contribution in [2.45, 2.75) is 57.6 Å². The number of methoxy groups -OCH3 is 2. The van der Waals surface area contributed by atoms with Crippen LogP contribution in [0.25, 0.3) is 0 Å². The van der Waals surface area contributed by atoms with Crippen LogP contribution in [0.3, 0.4) is 0 Å². The topological polar surface area (TPSA) is 72.9 Å². The van der Waals surface area contributed by atoms with Gasteiger partial charge in [-0.1, -0.05) is 0 Å². The van der Waals surface area contributed by atoms with Crippen LogP contribution in [0.1, 0.15) is 63.2 Å². The molecule has 0 spiro atoms. The third-order valence-corrected chi connectivity index (χ3v) is 8.67. The molecule has 7 heteroatoms. The summed E-state index contributed by atoms with van der Waals surface area (Å²) in [4.78, 5) is 15.0. The van der Waals surface area contributed by atoms with Crippen LogP contribution >= 0.6 is 0 Å². The highest BCUT2D eigenvalue weighted by Gasteiger charge is 2.28. The van der Waals surface area contributed by atoms with E-state index >= 15 is 0 Å². The van der Waals surface area contributed by atoms with Gasteiger partial charge in [0.1, 0.15) is 11.5 Å². The summed E-state index contributed by atoms with van der Waals surface area (Å²) in [5, 5.41) is 0. The first-order chi connectivity index (χ1) is 14.1. The number of carbonyl (C=O) groups excluding carboxylic acids is 1. The summed E-state index contributed by atoms with van der Waals surface area (Å²) < 4.78 is 34.3. The average molecular weight is 440 g/mol. The summed E-state index contributed by atoms with van der Waals surface area (Å²) in [6, 6.07) is 5.29. The number of hydrogen-bond acceptors (Lipinski definition) is 6. The summed E-state index contributed by atoms with van der Waals surface area (Å²) in [6.07, 6.45) is 4.19. The third-order valence-electron chi connectivity index (χ3n) is 5.98. The Hall–Kier alpha value is -1.60. The molecule has 0 radical (unpaired) electrons. The molecule has 1 fully saturated rings. The van der Waals surface area contributed by atoms with E-state index in [0.29, 0.717) is 35.8 Å². The Labute approximate surface area is 181 Å². The number of likely N-dealkylation sites (tertiary alicyclic amines) is 1. The third kappa shape index (κ3) is 6.98. The van der Waals surface area contributed by atoms with Crippen molar-refractivity contribution in [2.75, 3.05) is 39.6 Å². The largest absolute Gasteiger partial charge is 0.497 e. The van der Waals surface area contributed by atoms with Crippen molar-refractivity contribution in [1.29, 1.82) is 0 Å². The molecule has 1 aromatic carbocycles. The average Bonchev–Trinajstić information content (AvgIpc) is 2.71. The Kier molecular flexibility index (Phi) is 8.73. The second kappa shape index (κ2) is 10.6. The zero-order valence-corrected chi connectivity index (χ0v) is 19.9. The lowest BCUT2D eigenvalue weighted by Gasteiger charge is -2.32. The minimum atomic E-state index is -3.05. The number of ether oxygens (including phenoxy) is 2. The molecule has 1 aliphatic rings. The lowest BCUT2D eigenvalue weighted by atomic mass is 9.90. The first kappa shape index (κ1) is 24.7. The molecule has 0 aromatic heterocycles. The second-order valence-electron chi connectivity index (χ2n) is 9.13. The Morgan fingerprint density at radius 3 is 2.13 bits per heavy atom. The summed E-state index contributed by atoms with van der Waals surface area (Å²) in [5.74, 6) is 2.14. The maximum atomic E-state index is 12.6. The van der Waals surface area contributed by atoms with Crippen molar-refractivity contribution in [3.8, 4) is 11.5 Å². The van der Waals surface area contributed by atoms with Gasteiger partial charge in [0.2, 0.25) is 0 Å². The minimum absolute atomic E-state index is 0.113. The van der Waals surface area contributed by atoms with Gasteiger partial charge in [-0.25, -0.2) is 8.42 Å². The number of ketones is 1. The molecule has 0 N–H and O–H groups in total. The van der Waals surface area contributed by atoms with Gasteiger partial charge in [0.15, 0.2) is 15.6 Å². The van der Waals surface area contributed by atoms with Crippen molar-refractivity contribution in [3.05, 3.63) is 23.8 Å². The van der Waals surface area contributed by atoms with Crippen LogP contribution in [0.4, 0.5) is 0 Å². The first-order valence-corrected chi connectivity index (χ1v) is 12.4. The van der Waals surface area contributed by atoms with E-state index in [1.54, 1.807) is 53.2 Å². The summed E-state index contributed by atoms with van der Waals surface area (Å²) in [7, 11) is 0.111. The monoisotopic (exact) mass is 439 g/mol. The fourth-order valence-electron chi connectivity index (χ4n) is 3.73.